The molecule has 2 heterocycles. The zero-order valence-corrected chi connectivity index (χ0v) is 9.08. The predicted molar refractivity (Wildman–Crippen MR) is 53.3 cm³/mol. The number of aliphatic hydroxyl groups is 1. The van der Waals surface area contributed by atoms with E-state index in [2.05, 4.69) is 0 Å². The average Bonchev–Trinajstić information content (AvgIpc) is 2.54. The van der Waals surface area contributed by atoms with Crippen LogP contribution in [0.5, 0.6) is 0 Å². The van der Waals surface area contributed by atoms with E-state index in [9.17, 15) is 9.90 Å². The van der Waals surface area contributed by atoms with Crippen LogP contribution in [0.1, 0.15) is 26.7 Å². The average molecular weight is 212 g/mol. The first-order valence-electron chi connectivity index (χ1n) is 5.31. The summed E-state index contributed by atoms with van der Waals surface area (Å²) in [6.07, 6.45) is 1.51. The first-order valence-corrected chi connectivity index (χ1v) is 5.31. The van der Waals surface area contributed by atoms with Gasteiger partial charge in [-0.1, -0.05) is 13.3 Å². The second-order valence-corrected chi connectivity index (χ2v) is 4.27. The molecule has 2 aliphatic heterocycles. The standard InChI is InChI=1S/C11H16O4/c1-3-4-9-11(2,13)8-6-15-10(12)7(8)5-14-9/h9,13H,3-6H2,1-2H3/t9-,11-/m0/s1. The Morgan fingerprint density at radius 3 is 2.93 bits per heavy atom. The number of esters is 1. The Morgan fingerprint density at radius 2 is 2.27 bits per heavy atom. The van der Waals surface area contributed by atoms with Crippen molar-refractivity contribution in [1.82, 2.24) is 0 Å². The number of hydrogen-bond acceptors (Lipinski definition) is 4. The Labute approximate surface area is 88.9 Å². The van der Waals surface area contributed by atoms with Crippen LogP contribution in [0.2, 0.25) is 0 Å². The number of rotatable bonds is 2. The molecule has 4 heteroatoms. The SMILES string of the molecule is CCC[C@@H]1OCC2=C(COC2=O)[C@]1(C)O. The predicted octanol–water partition coefficient (Wildman–Crippen LogP) is 0.790. The van der Waals surface area contributed by atoms with E-state index in [0.717, 1.165) is 12.8 Å². The molecule has 2 aliphatic rings. The summed E-state index contributed by atoms with van der Waals surface area (Å²) in [6.45, 7) is 4.23. The second-order valence-electron chi connectivity index (χ2n) is 4.27. The van der Waals surface area contributed by atoms with Crippen LogP contribution in [0.15, 0.2) is 11.1 Å². The van der Waals surface area contributed by atoms with Gasteiger partial charge in [-0.15, -0.1) is 0 Å². The van der Waals surface area contributed by atoms with Crippen LogP contribution in [-0.2, 0) is 14.3 Å². The first kappa shape index (κ1) is 10.6. The van der Waals surface area contributed by atoms with E-state index >= 15 is 0 Å². The van der Waals surface area contributed by atoms with Crippen molar-refractivity contribution in [3.8, 4) is 0 Å². The molecule has 84 valence electrons. The largest absolute Gasteiger partial charge is 0.458 e. The van der Waals surface area contributed by atoms with Gasteiger partial charge in [0.05, 0.1) is 18.3 Å². The van der Waals surface area contributed by atoms with Gasteiger partial charge in [-0.05, 0) is 13.3 Å². The molecular formula is C11H16O4. The molecule has 0 amide bonds. The molecule has 0 aliphatic carbocycles. The molecule has 0 unspecified atom stereocenters. The minimum Gasteiger partial charge on any atom is -0.458 e. The Bertz CT molecular complexity index is 317. The van der Waals surface area contributed by atoms with Crippen molar-refractivity contribution in [3.05, 3.63) is 11.1 Å². The van der Waals surface area contributed by atoms with E-state index in [0.29, 0.717) is 11.1 Å². The number of carbonyl (C=O) groups excluding carboxylic acids is 1. The van der Waals surface area contributed by atoms with Crippen LogP contribution in [0.3, 0.4) is 0 Å². The van der Waals surface area contributed by atoms with E-state index < -0.39 is 5.60 Å². The zero-order valence-electron chi connectivity index (χ0n) is 9.08. The van der Waals surface area contributed by atoms with Gasteiger partial charge in [0.2, 0.25) is 0 Å². The molecule has 0 radical (unpaired) electrons. The molecule has 0 saturated heterocycles. The highest BCUT2D eigenvalue weighted by atomic mass is 16.6. The summed E-state index contributed by atoms with van der Waals surface area (Å²) in [4.78, 5) is 11.3. The van der Waals surface area contributed by atoms with Gasteiger partial charge >= 0.3 is 5.97 Å². The highest BCUT2D eigenvalue weighted by Gasteiger charge is 2.46. The molecule has 0 aromatic heterocycles. The fourth-order valence-electron chi connectivity index (χ4n) is 2.20. The maximum Gasteiger partial charge on any atom is 0.336 e. The fraction of sp³-hybridized carbons (Fsp3) is 0.727. The Hall–Kier alpha value is -0.870. The van der Waals surface area contributed by atoms with E-state index in [1.165, 1.54) is 0 Å². The number of ether oxygens (including phenoxy) is 2. The monoisotopic (exact) mass is 212 g/mol. The second kappa shape index (κ2) is 3.61. The topological polar surface area (TPSA) is 55.8 Å². The third-order valence-corrected chi connectivity index (χ3v) is 3.18. The minimum atomic E-state index is -1.06. The molecule has 4 nitrogen and oxygen atoms in total. The minimum absolute atomic E-state index is 0.213. The maximum absolute atomic E-state index is 11.3. The van der Waals surface area contributed by atoms with E-state index in [4.69, 9.17) is 9.47 Å². The van der Waals surface area contributed by atoms with Crippen molar-refractivity contribution in [3.63, 3.8) is 0 Å². The molecule has 0 aromatic rings. The van der Waals surface area contributed by atoms with E-state index in [1.54, 1.807) is 6.92 Å². The molecule has 2 atom stereocenters. The Balaban J connectivity index is 2.29. The van der Waals surface area contributed by atoms with Crippen LogP contribution in [0.4, 0.5) is 0 Å². The van der Waals surface area contributed by atoms with Gasteiger partial charge in [-0.25, -0.2) is 4.79 Å². The molecule has 0 aromatic carbocycles. The highest BCUT2D eigenvalue weighted by Crippen LogP contribution is 2.36. The van der Waals surface area contributed by atoms with E-state index in [1.807, 2.05) is 6.92 Å². The Kier molecular flexibility index (Phi) is 2.56. The van der Waals surface area contributed by atoms with Crippen LogP contribution >= 0.6 is 0 Å². The molecule has 0 bridgehead atoms. The number of carbonyl (C=O) groups is 1. The lowest BCUT2D eigenvalue weighted by molar-refractivity contribution is -0.136. The summed E-state index contributed by atoms with van der Waals surface area (Å²) >= 11 is 0. The molecule has 1 N–H and O–H groups in total. The van der Waals surface area contributed by atoms with Gasteiger partial charge in [0, 0.05) is 5.57 Å². The van der Waals surface area contributed by atoms with Crippen molar-refractivity contribution >= 4 is 5.97 Å². The van der Waals surface area contributed by atoms with Gasteiger partial charge in [0.15, 0.2) is 0 Å². The van der Waals surface area contributed by atoms with Gasteiger partial charge in [-0.2, -0.15) is 0 Å². The van der Waals surface area contributed by atoms with Gasteiger partial charge < -0.3 is 14.6 Å². The van der Waals surface area contributed by atoms with Gasteiger partial charge in [0.1, 0.15) is 12.2 Å². The van der Waals surface area contributed by atoms with Crippen molar-refractivity contribution in [2.24, 2.45) is 0 Å². The van der Waals surface area contributed by atoms with Crippen molar-refractivity contribution in [2.75, 3.05) is 13.2 Å². The molecule has 2 rings (SSSR count). The molecule has 15 heavy (non-hydrogen) atoms. The molecule has 0 saturated carbocycles. The quantitative estimate of drug-likeness (QED) is 0.687. The van der Waals surface area contributed by atoms with Crippen LogP contribution in [-0.4, -0.2) is 36.0 Å². The summed E-state index contributed by atoms with van der Waals surface area (Å²) in [7, 11) is 0. The van der Waals surface area contributed by atoms with E-state index in [-0.39, 0.29) is 25.3 Å². The third kappa shape index (κ3) is 1.58. The normalized spacial score (nSPS) is 35.4. The van der Waals surface area contributed by atoms with Gasteiger partial charge in [0.25, 0.3) is 0 Å². The summed E-state index contributed by atoms with van der Waals surface area (Å²) in [6, 6.07) is 0. The highest BCUT2D eigenvalue weighted by molar-refractivity contribution is 5.92. The molecular weight excluding hydrogens is 196 g/mol. The lowest BCUT2D eigenvalue weighted by atomic mass is 9.84. The number of hydrogen-bond donors (Lipinski definition) is 1. The number of cyclic esters (lactones) is 1. The maximum atomic E-state index is 11.3. The summed E-state index contributed by atoms with van der Waals surface area (Å²) < 4.78 is 10.4. The van der Waals surface area contributed by atoms with Crippen LogP contribution in [0, 0.1) is 0 Å². The fourth-order valence-corrected chi connectivity index (χ4v) is 2.20. The van der Waals surface area contributed by atoms with Crippen molar-refractivity contribution in [1.29, 1.82) is 0 Å². The van der Waals surface area contributed by atoms with Crippen LogP contribution in [0.25, 0.3) is 0 Å². The first-order chi connectivity index (χ1) is 7.07. The Morgan fingerprint density at radius 1 is 1.53 bits per heavy atom. The molecule has 0 spiro atoms. The van der Waals surface area contributed by atoms with Crippen molar-refractivity contribution < 1.29 is 19.4 Å². The van der Waals surface area contributed by atoms with Crippen molar-refractivity contribution in [2.45, 2.75) is 38.4 Å². The summed E-state index contributed by atoms with van der Waals surface area (Å²) in [5.41, 5.74) is 0.153. The van der Waals surface area contributed by atoms with Crippen LogP contribution < -0.4 is 0 Å². The molecule has 0 fully saturated rings. The smallest absolute Gasteiger partial charge is 0.336 e. The lowest BCUT2D eigenvalue weighted by Crippen LogP contribution is -2.47. The van der Waals surface area contributed by atoms with Gasteiger partial charge in [-0.3, -0.25) is 0 Å². The third-order valence-electron chi connectivity index (χ3n) is 3.18. The lowest BCUT2D eigenvalue weighted by Gasteiger charge is -2.37. The zero-order chi connectivity index (χ0) is 11.1. The summed E-state index contributed by atoms with van der Waals surface area (Å²) in [5.74, 6) is -0.347. The summed E-state index contributed by atoms with van der Waals surface area (Å²) in [5, 5.41) is 10.3.